The zero-order chi connectivity index (χ0) is 38.9. The van der Waals surface area contributed by atoms with E-state index in [2.05, 4.69) is 50.7 Å². The van der Waals surface area contributed by atoms with Crippen molar-refractivity contribution in [2.75, 3.05) is 46.9 Å². The van der Waals surface area contributed by atoms with Crippen molar-refractivity contribution in [3.8, 4) is 0 Å². The van der Waals surface area contributed by atoms with Crippen LogP contribution in [0.3, 0.4) is 0 Å². The standard InChI is InChI=1S/C31H38N10O12/c1-50-30(48)52-38-28(32)36-20-10-8-18(9-11-20)25(45)35-16-23(42)41-14-13-40(17-24(43)44)27(47)22(41)7-4-12-34-26(46)19-5-3-6-21(15-19)37-29(33)39-53-31(49)51-2/h3,5-6,8-11,15,22H,4,7,12-14,16-17H2,1-2H3,(H,34,46)(H,35,45)(H,43,44)(H3,32,36,38)(H3,33,37,39). The number of hydrogen-bond acceptors (Lipinski definition) is 13. The summed E-state index contributed by atoms with van der Waals surface area (Å²) in [4.78, 5) is 105. The van der Waals surface area contributed by atoms with Crippen molar-refractivity contribution in [2.45, 2.75) is 18.9 Å². The fraction of sp³-hybridized carbons (Fsp3) is 0.323. The Hall–Kier alpha value is -7.13. The van der Waals surface area contributed by atoms with Gasteiger partial charge in [-0.3, -0.25) is 24.0 Å². The fourth-order valence-corrected chi connectivity index (χ4v) is 4.69. The highest BCUT2D eigenvalue weighted by Gasteiger charge is 2.37. The molecule has 0 spiro atoms. The van der Waals surface area contributed by atoms with E-state index in [1.807, 2.05) is 0 Å². The SMILES string of the molecule is COC(=O)ONC(N)=Nc1ccc(C(=O)NCC(=O)N2CCN(CC(=O)O)C(=O)C2CCCNC(=O)c2cccc(N=C(N)NOC(=O)OC)c2)cc1. The Kier molecular flexibility index (Phi) is 15.1. The number of nitrogens with zero attached hydrogens (tertiary/aromatic N) is 4. The fourth-order valence-electron chi connectivity index (χ4n) is 4.69. The van der Waals surface area contributed by atoms with Crippen molar-refractivity contribution in [1.29, 1.82) is 0 Å². The Labute approximate surface area is 301 Å². The summed E-state index contributed by atoms with van der Waals surface area (Å²) >= 11 is 0. The van der Waals surface area contributed by atoms with Gasteiger partial charge in [-0.1, -0.05) is 6.07 Å². The first-order chi connectivity index (χ1) is 25.3. The van der Waals surface area contributed by atoms with Gasteiger partial charge in [-0.05, 0) is 55.3 Å². The smallest absolute Gasteiger partial charge is 0.480 e. The third-order valence-electron chi connectivity index (χ3n) is 7.12. The summed E-state index contributed by atoms with van der Waals surface area (Å²) in [5, 5.41) is 14.5. The number of nitrogens with one attached hydrogen (secondary N) is 4. The summed E-state index contributed by atoms with van der Waals surface area (Å²) in [5.41, 5.74) is 16.4. The van der Waals surface area contributed by atoms with Crippen LogP contribution >= 0.6 is 0 Å². The van der Waals surface area contributed by atoms with E-state index in [4.69, 9.17) is 11.5 Å². The third kappa shape index (κ3) is 12.9. The van der Waals surface area contributed by atoms with Crippen LogP contribution in [-0.2, 0) is 33.5 Å². The second-order valence-electron chi connectivity index (χ2n) is 10.7. The highest BCUT2D eigenvalue weighted by molar-refractivity contribution is 5.98. The van der Waals surface area contributed by atoms with Gasteiger partial charge < -0.3 is 56.2 Å². The highest BCUT2D eigenvalue weighted by Crippen LogP contribution is 2.18. The first-order valence-corrected chi connectivity index (χ1v) is 15.6. The van der Waals surface area contributed by atoms with Gasteiger partial charge >= 0.3 is 18.3 Å². The van der Waals surface area contributed by atoms with E-state index >= 15 is 0 Å². The van der Waals surface area contributed by atoms with Crippen LogP contribution in [0.15, 0.2) is 58.5 Å². The number of carbonyl (C=O) groups excluding carboxylic acids is 6. The van der Waals surface area contributed by atoms with Crippen LogP contribution < -0.4 is 33.1 Å². The Morgan fingerprint density at radius 3 is 2.04 bits per heavy atom. The topological polar surface area (TPSA) is 308 Å². The van der Waals surface area contributed by atoms with Crippen molar-refractivity contribution in [1.82, 2.24) is 31.4 Å². The number of aliphatic carboxylic acids is 1. The minimum atomic E-state index is -1.22. The molecule has 2 aromatic carbocycles. The normalized spacial score (nSPS) is 14.4. The number of hydroxylamine groups is 2. The van der Waals surface area contributed by atoms with Gasteiger partial charge in [-0.2, -0.15) is 11.0 Å². The molecule has 53 heavy (non-hydrogen) atoms. The number of nitrogens with two attached hydrogens (primary N) is 2. The van der Waals surface area contributed by atoms with E-state index in [0.29, 0.717) is 5.69 Å². The monoisotopic (exact) mass is 742 g/mol. The highest BCUT2D eigenvalue weighted by atomic mass is 16.8. The van der Waals surface area contributed by atoms with Gasteiger partial charge in [0.05, 0.1) is 32.1 Å². The molecule has 1 unspecified atom stereocenters. The molecule has 9 N–H and O–H groups in total. The van der Waals surface area contributed by atoms with Crippen LogP contribution in [0, 0.1) is 0 Å². The third-order valence-corrected chi connectivity index (χ3v) is 7.12. The van der Waals surface area contributed by atoms with Crippen LogP contribution in [0.2, 0.25) is 0 Å². The molecule has 1 aliphatic heterocycles. The maximum atomic E-state index is 13.3. The van der Waals surface area contributed by atoms with Gasteiger partial charge in [0.2, 0.25) is 23.7 Å². The lowest BCUT2D eigenvalue weighted by atomic mass is 10.0. The van der Waals surface area contributed by atoms with Gasteiger partial charge in [0.1, 0.15) is 12.6 Å². The predicted octanol–water partition coefficient (Wildman–Crippen LogP) is -0.782. The number of carbonyl (C=O) groups is 7. The summed E-state index contributed by atoms with van der Waals surface area (Å²) < 4.78 is 8.59. The van der Waals surface area contributed by atoms with E-state index in [0.717, 1.165) is 19.1 Å². The van der Waals surface area contributed by atoms with Crippen molar-refractivity contribution in [2.24, 2.45) is 21.5 Å². The Morgan fingerprint density at radius 1 is 0.830 bits per heavy atom. The molecule has 1 atom stereocenters. The lowest BCUT2D eigenvalue weighted by molar-refractivity contribution is -0.155. The van der Waals surface area contributed by atoms with Crippen molar-refractivity contribution in [3.05, 3.63) is 59.7 Å². The number of aliphatic imine (C=N–C) groups is 2. The summed E-state index contributed by atoms with van der Waals surface area (Å²) in [5.74, 6) is -4.02. The second kappa shape index (κ2) is 19.9. The quantitative estimate of drug-likeness (QED) is 0.0461. The van der Waals surface area contributed by atoms with E-state index in [9.17, 15) is 38.7 Å². The first-order valence-electron chi connectivity index (χ1n) is 15.6. The number of piperazine rings is 1. The van der Waals surface area contributed by atoms with Crippen LogP contribution in [0.4, 0.5) is 21.0 Å². The Bertz CT molecular complexity index is 1730. The Balaban J connectivity index is 1.57. The van der Waals surface area contributed by atoms with E-state index in [-0.39, 0.29) is 61.2 Å². The molecule has 284 valence electrons. The molecule has 0 radical (unpaired) electrons. The molecular formula is C31H38N10O12. The molecule has 0 bridgehead atoms. The maximum Gasteiger partial charge on any atom is 0.533 e. The molecule has 1 fully saturated rings. The van der Waals surface area contributed by atoms with Crippen LogP contribution in [0.25, 0.3) is 0 Å². The first kappa shape index (κ1) is 40.3. The van der Waals surface area contributed by atoms with Crippen LogP contribution in [-0.4, -0.2) is 122 Å². The van der Waals surface area contributed by atoms with E-state index < -0.39 is 61.0 Å². The van der Waals surface area contributed by atoms with Gasteiger partial charge in [-0.15, -0.1) is 0 Å². The van der Waals surface area contributed by atoms with Gasteiger partial charge in [0.25, 0.3) is 11.8 Å². The predicted molar refractivity (Wildman–Crippen MR) is 182 cm³/mol. The zero-order valence-corrected chi connectivity index (χ0v) is 28.5. The van der Waals surface area contributed by atoms with Gasteiger partial charge in [0, 0.05) is 30.8 Å². The van der Waals surface area contributed by atoms with Crippen LogP contribution in [0.5, 0.6) is 0 Å². The summed E-state index contributed by atoms with van der Waals surface area (Å²) in [7, 11) is 2.21. The average Bonchev–Trinajstić information content (AvgIpc) is 3.14. The molecule has 0 saturated carbocycles. The molecule has 22 heteroatoms. The molecular weight excluding hydrogens is 704 g/mol. The molecule has 4 amide bonds. The van der Waals surface area contributed by atoms with Crippen molar-refractivity contribution >= 4 is 65.2 Å². The van der Waals surface area contributed by atoms with Gasteiger partial charge in [-0.25, -0.2) is 19.6 Å². The van der Waals surface area contributed by atoms with Crippen LogP contribution in [0.1, 0.15) is 33.6 Å². The molecule has 22 nitrogen and oxygen atoms in total. The minimum Gasteiger partial charge on any atom is -0.480 e. The van der Waals surface area contributed by atoms with Crippen molar-refractivity contribution in [3.63, 3.8) is 0 Å². The molecule has 2 aromatic rings. The molecule has 0 aromatic heterocycles. The number of methoxy groups -OCH3 is 2. The molecule has 1 saturated heterocycles. The Morgan fingerprint density at radius 2 is 1.43 bits per heavy atom. The summed E-state index contributed by atoms with van der Waals surface area (Å²) in [6, 6.07) is 10.7. The lowest BCUT2D eigenvalue weighted by Crippen LogP contribution is -2.60. The average molecular weight is 743 g/mol. The number of ether oxygens (including phenoxy) is 2. The second-order valence-corrected chi connectivity index (χ2v) is 10.7. The molecule has 0 aliphatic carbocycles. The van der Waals surface area contributed by atoms with Crippen molar-refractivity contribution < 1.29 is 57.8 Å². The number of guanidine groups is 2. The number of hydrogen-bond donors (Lipinski definition) is 7. The number of amides is 4. The maximum absolute atomic E-state index is 13.3. The number of carboxylic acids is 1. The molecule has 3 rings (SSSR count). The number of carboxylic acid groups (broad SMARTS) is 1. The molecule has 1 heterocycles. The largest absolute Gasteiger partial charge is 0.533 e. The number of benzene rings is 2. The summed E-state index contributed by atoms with van der Waals surface area (Å²) in [6.45, 7) is -0.949. The zero-order valence-electron chi connectivity index (χ0n) is 28.5. The van der Waals surface area contributed by atoms with Gasteiger partial charge in [0.15, 0.2) is 0 Å². The number of rotatable bonds is 12. The summed E-state index contributed by atoms with van der Waals surface area (Å²) in [6.07, 6.45) is -1.78. The van der Waals surface area contributed by atoms with E-state index in [1.165, 1.54) is 41.3 Å². The minimum absolute atomic E-state index is 0.0164. The molecule has 1 aliphatic rings. The lowest BCUT2D eigenvalue weighted by Gasteiger charge is -2.40. The van der Waals surface area contributed by atoms with E-state index in [1.54, 1.807) is 12.1 Å².